The molecule has 0 aromatic heterocycles. The molecule has 0 saturated carbocycles. The van der Waals surface area contributed by atoms with E-state index in [1.54, 1.807) is 12.1 Å². The molecule has 0 aliphatic heterocycles. The lowest BCUT2D eigenvalue weighted by molar-refractivity contribution is 0.0998. The van der Waals surface area contributed by atoms with Gasteiger partial charge in [0.1, 0.15) is 5.38 Å². The lowest BCUT2D eigenvalue weighted by atomic mass is 10.1. The maximum Gasteiger partial charge on any atom is 0.181 e. The fraction of sp³-hybridized carbons (Fsp3) is 0.222. The van der Waals surface area contributed by atoms with Gasteiger partial charge in [-0.25, -0.2) is 0 Å². The number of fused-ring (bicyclic) bond motifs is 1. The maximum absolute atomic E-state index is 11.3. The zero-order valence-corrected chi connectivity index (χ0v) is 7.14. The summed E-state index contributed by atoms with van der Waals surface area (Å²) in [5.74, 6) is 0.0201. The minimum Gasteiger partial charge on any atom is -0.399 e. The summed E-state index contributed by atoms with van der Waals surface area (Å²) in [6, 6.07) is 5.29. The molecule has 1 aromatic rings. The molecule has 1 aromatic carbocycles. The number of carbonyl (C=O) groups excluding carboxylic acids is 1. The Labute approximate surface area is 75.3 Å². The van der Waals surface area contributed by atoms with Crippen LogP contribution in [0.4, 0.5) is 5.69 Å². The Bertz CT molecular complexity index is 348. The van der Waals surface area contributed by atoms with Gasteiger partial charge in [-0.2, -0.15) is 0 Å². The minimum atomic E-state index is -0.387. The van der Waals surface area contributed by atoms with E-state index in [9.17, 15) is 4.79 Å². The van der Waals surface area contributed by atoms with Crippen molar-refractivity contribution in [3.05, 3.63) is 29.3 Å². The van der Waals surface area contributed by atoms with E-state index in [1.807, 2.05) is 6.07 Å². The third kappa shape index (κ3) is 0.994. The van der Waals surface area contributed by atoms with Crippen LogP contribution in [0.5, 0.6) is 0 Å². The zero-order chi connectivity index (χ0) is 8.72. The van der Waals surface area contributed by atoms with Crippen molar-refractivity contribution in [2.45, 2.75) is 11.8 Å². The van der Waals surface area contributed by atoms with Crippen molar-refractivity contribution in [3.8, 4) is 0 Å². The van der Waals surface area contributed by atoms with E-state index in [-0.39, 0.29) is 11.2 Å². The van der Waals surface area contributed by atoms with Gasteiger partial charge in [0.15, 0.2) is 5.78 Å². The molecular weight excluding hydrogens is 174 g/mol. The first kappa shape index (κ1) is 7.62. The van der Waals surface area contributed by atoms with Crippen LogP contribution >= 0.6 is 11.6 Å². The first-order valence-electron chi connectivity index (χ1n) is 3.75. The number of rotatable bonds is 0. The molecule has 0 fully saturated rings. The van der Waals surface area contributed by atoms with Crippen LogP contribution < -0.4 is 5.73 Å². The van der Waals surface area contributed by atoms with Gasteiger partial charge < -0.3 is 5.73 Å². The maximum atomic E-state index is 11.3. The average molecular weight is 182 g/mol. The van der Waals surface area contributed by atoms with Crippen LogP contribution in [-0.2, 0) is 6.42 Å². The third-order valence-corrected chi connectivity index (χ3v) is 2.43. The molecule has 0 amide bonds. The molecule has 0 radical (unpaired) electrons. The van der Waals surface area contributed by atoms with E-state index in [1.165, 1.54) is 0 Å². The van der Waals surface area contributed by atoms with Crippen LogP contribution in [-0.4, -0.2) is 11.2 Å². The van der Waals surface area contributed by atoms with Crippen LogP contribution in [0.2, 0.25) is 0 Å². The first-order chi connectivity index (χ1) is 5.68. The Morgan fingerprint density at radius 1 is 1.50 bits per heavy atom. The number of benzene rings is 1. The number of hydrogen-bond acceptors (Lipinski definition) is 2. The second-order valence-corrected chi connectivity index (χ2v) is 3.48. The van der Waals surface area contributed by atoms with Crippen molar-refractivity contribution in [2.24, 2.45) is 0 Å². The van der Waals surface area contributed by atoms with Crippen molar-refractivity contribution in [3.63, 3.8) is 0 Å². The molecule has 0 spiro atoms. The van der Waals surface area contributed by atoms with Crippen molar-refractivity contribution in [2.75, 3.05) is 5.73 Å². The largest absolute Gasteiger partial charge is 0.399 e. The van der Waals surface area contributed by atoms with Gasteiger partial charge in [-0.3, -0.25) is 4.79 Å². The van der Waals surface area contributed by atoms with Gasteiger partial charge in [0.05, 0.1) is 0 Å². The highest BCUT2D eigenvalue weighted by atomic mass is 35.5. The summed E-state index contributed by atoms with van der Waals surface area (Å²) in [5.41, 5.74) is 7.95. The Hall–Kier alpha value is -1.02. The van der Waals surface area contributed by atoms with E-state index in [4.69, 9.17) is 17.3 Å². The summed E-state index contributed by atoms with van der Waals surface area (Å²) in [6.45, 7) is 0. The monoisotopic (exact) mass is 181 g/mol. The lowest BCUT2D eigenvalue weighted by Crippen LogP contribution is -2.06. The predicted octanol–water partition coefficient (Wildman–Crippen LogP) is 1.61. The van der Waals surface area contributed by atoms with Gasteiger partial charge in [-0.05, 0) is 30.2 Å². The lowest BCUT2D eigenvalue weighted by Gasteiger charge is -1.96. The number of Topliss-reactive ketones (excluding diaryl/α,β-unsaturated/α-hetero) is 1. The Kier molecular flexibility index (Phi) is 1.58. The summed E-state index contributed by atoms with van der Waals surface area (Å²) in [6.07, 6.45) is 0.612. The number of nitrogens with two attached hydrogens (primary N) is 1. The van der Waals surface area contributed by atoms with Crippen molar-refractivity contribution in [1.29, 1.82) is 0 Å². The van der Waals surface area contributed by atoms with E-state index in [0.29, 0.717) is 12.1 Å². The molecule has 2 N–H and O–H groups in total. The first-order valence-corrected chi connectivity index (χ1v) is 4.19. The summed E-state index contributed by atoms with van der Waals surface area (Å²) < 4.78 is 0. The molecular formula is C9H8ClNO. The predicted molar refractivity (Wildman–Crippen MR) is 48.5 cm³/mol. The van der Waals surface area contributed by atoms with Crippen LogP contribution in [0.1, 0.15) is 15.9 Å². The smallest absolute Gasteiger partial charge is 0.181 e. The fourth-order valence-electron chi connectivity index (χ4n) is 1.48. The van der Waals surface area contributed by atoms with Gasteiger partial charge in [0, 0.05) is 11.3 Å². The number of nitrogen functional groups attached to an aromatic ring is 1. The van der Waals surface area contributed by atoms with Crippen molar-refractivity contribution < 1.29 is 4.79 Å². The summed E-state index contributed by atoms with van der Waals surface area (Å²) in [7, 11) is 0. The molecule has 0 saturated heterocycles. The number of anilines is 1. The highest BCUT2D eigenvalue weighted by Crippen LogP contribution is 2.27. The molecule has 1 aliphatic rings. The number of hydrogen-bond donors (Lipinski definition) is 1. The highest BCUT2D eigenvalue weighted by molar-refractivity contribution is 6.35. The van der Waals surface area contributed by atoms with E-state index < -0.39 is 0 Å². The average Bonchev–Trinajstić information content (AvgIpc) is 2.28. The number of halogens is 1. The summed E-state index contributed by atoms with van der Waals surface area (Å²) in [4.78, 5) is 11.3. The van der Waals surface area contributed by atoms with Crippen LogP contribution in [0.3, 0.4) is 0 Å². The standard InChI is InChI=1S/C9H8ClNO/c10-8-4-5-3-6(11)1-2-7(5)9(8)12/h1-3,8H,4,11H2. The number of ketones is 1. The molecule has 1 atom stereocenters. The van der Waals surface area contributed by atoms with Gasteiger partial charge >= 0.3 is 0 Å². The Balaban J connectivity index is 2.54. The third-order valence-electron chi connectivity index (χ3n) is 2.08. The zero-order valence-electron chi connectivity index (χ0n) is 6.38. The van der Waals surface area contributed by atoms with Gasteiger partial charge in [0.25, 0.3) is 0 Å². The molecule has 2 rings (SSSR count). The Morgan fingerprint density at radius 2 is 2.25 bits per heavy atom. The van der Waals surface area contributed by atoms with Crippen molar-refractivity contribution in [1.82, 2.24) is 0 Å². The van der Waals surface area contributed by atoms with E-state index in [0.717, 1.165) is 11.1 Å². The molecule has 2 nitrogen and oxygen atoms in total. The molecule has 0 heterocycles. The molecule has 12 heavy (non-hydrogen) atoms. The van der Waals surface area contributed by atoms with Crippen molar-refractivity contribution >= 4 is 23.1 Å². The number of alkyl halides is 1. The minimum absolute atomic E-state index is 0.0201. The van der Waals surface area contributed by atoms with Gasteiger partial charge in [-0.15, -0.1) is 11.6 Å². The van der Waals surface area contributed by atoms with Crippen LogP contribution in [0.15, 0.2) is 18.2 Å². The van der Waals surface area contributed by atoms with Crippen LogP contribution in [0, 0.1) is 0 Å². The fourth-order valence-corrected chi connectivity index (χ4v) is 1.76. The Morgan fingerprint density at radius 3 is 3.00 bits per heavy atom. The quantitative estimate of drug-likeness (QED) is 0.488. The van der Waals surface area contributed by atoms with Gasteiger partial charge in [-0.1, -0.05) is 0 Å². The second kappa shape index (κ2) is 2.49. The van der Waals surface area contributed by atoms with Gasteiger partial charge in [0.2, 0.25) is 0 Å². The van der Waals surface area contributed by atoms with Crippen LogP contribution in [0.25, 0.3) is 0 Å². The molecule has 0 bridgehead atoms. The topological polar surface area (TPSA) is 43.1 Å². The highest BCUT2D eigenvalue weighted by Gasteiger charge is 2.28. The van der Waals surface area contributed by atoms with E-state index >= 15 is 0 Å². The molecule has 3 heteroatoms. The molecule has 1 unspecified atom stereocenters. The molecule has 62 valence electrons. The number of carbonyl (C=O) groups is 1. The summed E-state index contributed by atoms with van der Waals surface area (Å²) in [5, 5.41) is -0.387. The van der Waals surface area contributed by atoms with E-state index in [2.05, 4.69) is 0 Å². The SMILES string of the molecule is Nc1ccc2c(c1)CC(Cl)C2=O. The molecule has 1 aliphatic carbocycles. The summed E-state index contributed by atoms with van der Waals surface area (Å²) >= 11 is 5.79. The second-order valence-electron chi connectivity index (χ2n) is 2.95. The normalized spacial score (nSPS) is 21.1.